The van der Waals surface area contributed by atoms with E-state index in [0.29, 0.717) is 11.5 Å². The first kappa shape index (κ1) is 53.3. The Balaban J connectivity index is 1.52. The van der Waals surface area contributed by atoms with Crippen molar-refractivity contribution in [3.8, 4) is 17.6 Å². The topological polar surface area (TPSA) is 177 Å². The highest BCUT2D eigenvalue weighted by Gasteiger charge is 2.58. The zero-order valence-electron chi connectivity index (χ0n) is 42.1. The van der Waals surface area contributed by atoms with Crippen LogP contribution in [0.1, 0.15) is 85.4 Å². The molecule has 0 bridgehead atoms. The van der Waals surface area contributed by atoms with Crippen LogP contribution in [0, 0.1) is 17.2 Å². The van der Waals surface area contributed by atoms with Gasteiger partial charge in [0.15, 0.2) is 14.6 Å². The number of ether oxygens (including phenoxy) is 4. The fourth-order valence-corrected chi connectivity index (χ4v) is 11.7. The highest BCUT2D eigenvalue weighted by atomic mass is 31.2. The summed E-state index contributed by atoms with van der Waals surface area (Å²) in [4.78, 5) is 28.8. The molecular formula is C50H74N7O9PSi. The predicted molar refractivity (Wildman–Crippen MR) is 265 cm³/mol. The number of hydrogen-bond acceptors (Lipinski definition) is 14. The number of rotatable bonds is 21. The highest BCUT2D eigenvalue weighted by molar-refractivity contribution is 7.44. The Morgan fingerprint density at radius 2 is 1.49 bits per heavy atom. The normalized spacial score (nSPS) is 24.0. The zero-order chi connectivity index (χ0) is 49.6. The second kappa shape index (κ2) is 22.8. The van der Waals surface area contributed by atoms with Gasteiger partial charge in [0.1, 0.15) is 47.7 Å². The smallest absolute Gasteiger partial charge is 0.259 e. The minimum Gasteiger partial charge on any atom is -0.497 e. The van der Waals surface area contributed by atoms with Crippen molar-refractivity contribution in [2.75, 3.05) is 34.1 Å². The lowest BCUT2D eigenvalue weighted by Gasteiger charge is -2.44. The molecule has 3 aromatic carbocycles. The van der Waals surface area contributed by atoms with Crippen molar-refractivity contribution in [1.29, 1.82) is 5.26 Å². The van der Waals surface area contributed by atoms with Crippen molar-refractivity contribution in [1.82, 2.24) is 30.8 Å². The molecule has 16 nitrogen and oxygen atoms in total. The van der Waals surface area contributed by atoms with Crippen LogP contribution in [0.3, 0.4) is 0 Å². The van der Waals surface area contributed by atoms with Crippen LogP contribution in [0.15, 0.2) is 78.9 Å². The van der Waals surface area contributed by atoms with E-state index in [0.717, 1.165) is 16.7 Å². The van der Waals surface area contributed by atoms with Crippen LogP contribution in [0.2, 0.25) is 18.1 Å². The number of benzene rings is 3. The molecule has 3 aliphatic rings. The number of hydrogen-bond donors (Lipinski definition) is 4. The van der Waals surface area contributed by atoms with Gasteiger partial charge in [0, 0.05) is 18.0 Å². The van der Waals surface area contributed by atoms with Gasteiger partial charge in [-0.3, -0.25) is 20.2 Å². The molecule has 0 aromatic heterocycles. The Morgan fingerprint density at radius 1 is 0.912 bits per heavy atom. The van der Waals surface area contributed by atoms with Gasteiger partial charge in [-0.25, -0.2) is 9.57 Å². The molecule has 2 amide bonds. The lowest BCUT2D eigenvalue weighted by molar-refractivity contribution is -0.139. The maximum atomic E-state index is 13.8. The fraction of sp³-hybridized carbons (Fsp3) is 0.580. The maximum Gasteiger partial charge on any atom is 0.259 e. The van der Waals surface area contributed by atoms with Gasteiger partial charge in [0.25, 0.3) is 8.53 Å². The zero-order valence-corrected chi connectivity index (χ0v) is 44.0. The molecule has 0 saturated carbocycles. The van der Waals surface area contributed by atoms with Crippen LogP contribution >= 0.6 is 8.53 Å². The Hall–Kier alpha value is -4.02. The summed E-state index contributed by atoms with van der Waals surface area (Å²) in [6, 6.07) is 27.4. The molecule has 8 atom stereocenters. The third-order valence-corrected chi connectivity index (χ3v) is 19.8. The minimum atomic E-state index is -2.65. The number of amides is 2. The molecule has 0 radical (unpaired) electrons. The number of nitrogens with zero attached hydrogens (tertiary/aromatic N) is 3. The molecule has 3 fully saturated rings. The van der Waals surface area contributed by atoms with E-state index in [1.807, 2.05) is 66.7 Å². The van der Waals surface area contributed by atoms with E-state index in [9.17, 15) is 14.9 Å². The lowest BCUT2D eigenvalue weighted by atomic mass is 9.80. The van der Waals surface area contributed by atoms with Crippen LogP contribution in [-0.2, 0) is 38.1 Å². The van der Waals surface area contributed by atoms with Crippen LogP contribution in [0.25, 0.3) is 0 Å². The first-order chi connectivity index (χ1) is 32.3. The number of carbonyl (C=O) groups is 2. The number of nitrogens with one attached hydrogen (secondary N) is 4. The molecule has 4 unspecified atom stereocenters. The van der Waals surface area contributed by atoms with E-state index in [1.165, 1.54) is 0 Å². The van der Waals surface area contributed by atoms with Gasteiger partial charge < -0.3 is 43.1 Å². The molecule has 68 heavy (non-hydrogen) atoms. The molecule has 0 aliphatic carbocycles. The average Bonchev–Trinajstić information content (AvgIpc) is 3.87. The standard InChI is InChI=1S/C50H74N7O9PSi/c1-32(2)45(58)54-48-53-44-41(46(59)55-48)52-31-56(44)47-43(66-68(12,13)49(7,8)9)42(65-67(63-29-17-28-51)57(33(3)4)34(5)6)40(64-47)30-62-50(35-18-15-14-16-19-35,36-20-24-38(60-10)25-21-36)37-22-26-39(61-11)27-23-37/h14-16,18-27,32-34,40-44,47-48,52-53H,17,29-31H2,1-13H3,(H,54,58)(H,55,59)/t40-,41?,42-,43-,44?,47-,48?,67?/m1/s1. The summed E-state index contributed by atoms with van der Waals surface area (Å²) < 4.78 is 50.0. The molecule has 6 rings (SSSR count). The predicted octanol–water partition coefficient (Wildman–Crippen LogP) is 7.12. The third-order valence-electron chi connectivity index (χ3n) is 13.2. The second-order valence-electron chi connectivity index (χ2n) is 19.9. The Bertz CT molecular complexity index is 2100. The van der Waals surface area contributed by atoms with E-state index < -0.39 is 65.5 Å². The fourth-order valence-electron chi connectivity index (χ4n) is 8.67. The van der Waals surface area contributed by atoms with Crippen LogP contribution in [0.5, 0.6) is 11.5 Å². The first-order valence-corrected chi connectivity index (χ1v) is 27.7. The SMILES string of the molecule is COc1ccc(C(OC[C@H]2O[C@@H](N3CNC4C(=O)NC(NC(=O)C(C)C)NC43)[C@H](O[Si](C)(C)C(C)(C)C)[C@@H]2OP(OCCC#N)N(C(C)C)C(C)C)(c2ccccc2)c2ccc(OC)cc2)cc1. The molecule has 0 spiro atoms. The number of methoxy groups -OCH3 is 2. The summed E-state index contributed by atoms with van der Waals surface area (Å²) in [7, 11) is -1.18. The summed E-state index contributed by atoms with van der Waals surface area (Å²) in [6.45, 7) is 23.4. The van der Waals surface area contributed by atoms with Crippen LogP contribution in [0.4, 0.5) is 0 Å². The highest BCUT2D eigenvalue weighted by Crippen LogP contribution is 2.52. The van der Waals surface area contributed by atoms with Gasteiger partial charge in [-0.15, -0.1) is 0 Å². The molecule has 18 heteroatoms. The van der Waals surface area contributed by atoms with Crippen molar-refractivity contribution < 1.29 is 42.0 Å². The van der Waals surface area contributed by atoms with Crippen molar-refractivity contribution >= 4 is 28.7 Å². The van der Waals surface area contributed by atoms with E-state index in [2.05, 4.69) is 111 Å². The van der Waals surface area contributed by atoms with E-state index in [1.54, 1.807) is 28.1 Å². The second-order valence-corrected chi connectivity index (χ2v) is 26.1. The van der Waals surface area contributed by atoms with Gasteiger partial charge >= 0.3 is 0 Å². The van der Waals surface area contributed by atoms with Crippen molar-refractivity contribution in [2.24, 2.45) is 5.92 Å². The van der Waals surface area contributed by atoms with Crippen molar-refractivity contribution in [3.05, 3.63) is 95.6 Å². The molecule has 372 valence electrons. The van der Waals surface area contributed by atoms with Crippen molar-refractivity contribution in [3.63, 3.8) is 0 Å². The number of nitriles is 1. The first-order valence-electron chi connectivity index (χ1n) is 23.7. The Kier molecular flexibility index (Phi) is 17.9. The van der Waals surface area contributed by atoms with Gasteiger partial charge in [0.05, 0.1) is 52.8 Å². The average molecular weight is 976 g/mol. The Morgan fingerprint density at radius 3 is 2.00 bits per heavy atom. The largest absolute Gasteiger partial charge is 0.497 e. The van der Waals surface area contributed by atoms with Crippen molar-refractivity contribution in [2.45, 2.75) is 148 Å². The van der Waals surface area contributed by atoms with Gasteiger partial charge in [-0.2, -0.15) is 5.26 Å². The summed E-state index contributed by atoms with van der Waals surface area (Å²) in [6.07, 6.45) is -4.37. The third kappa shape index (κ3) is 11.8. The number of fused-ring (bicyclic) bond motifs is 1. The van der Waals surface area contributed by atoms with Gasteiger partial charge in [-0.1, -0.05) is 89.2 Å². The monoisotopic (exact) mass is 976 g/mol. The molecule has 3 heterocycles. The lowest BCUT2D eigenvalue weighted by Crippen LogP contribution is -2.72. The van der Waals surface area contributed by atoms with E-state index in [-0.39, 0.29) is 61.2 Å². The van der Waals surface area contributed by atoms with Gasteiger partial charge in [0.2, 0.25) is 11.8 Å². The molecule has 3 aliphatic heterocycles. The minimum absolute atomic E-state index is 0.00650. The van der Waals surface area contributed by atoms with E-state index in [4.69, 9.17) is 32.4 Å². The molecule has 3 saturated heterocycles. The Labute approximate surface area is 406 Å². The summed E-state index contributed by atoms with van der Waals surface area (Å²) in [5, 5.41) is 22.2. The summed E-state index contributed by atoms with van der Waals surface area (Å²) in [5.41, 5.74) is 1.38. The molecular weight excluding hydrogens is 902 g/mol. The summed E-state index contributed by atoms with van der Waals surface area (Å²) in [5.74, 6) is 0.627. The molecule has 3 aromatic rings. The maximum absolute atomic E-state index is 13.8. The quantitative estimate of drug-likeness (QED) is 0.0367. The summed E-state index contributed by atoms with van der Waals surface area (Å²) >= 11 is 0. The van der Waals surface area contributed by atoms with Gasteiger partial charge in [-0.05, 0) is 86.8 Å². The van der Waals surface area contributed by atoms with Crippen LogP contribution in [-0.4, -0.2) is 119 Å². The van der Waals surface area contributed by atoms with E-state index >= 15 is 0 Å². The van der Waals surface area contributed by atoms with Crippen LogP contribution < -0.4 is 30.7 Å². The number of carbonyl (C=O) groups excluding carboxylic acids is 2. The molecule has 4 N–H and O–H groups in total.